The average Bonchev–Trinajstić information content (AvgIpc) is 3.12. The van der Waals surface area contributed by atoms with Gasteiger partial charge in [-0.15, -0.1) is 0 Å². The molecule has 1 heterocycles. The zero-order valence-electron chi connectivity index (χ0n) is 12.2. The van der Waals surface area contributed by atoms with Crippen molar-refractivity contribution in [1.29, 1.82) is 0 Å². The highest BCUT2D eigenvalue weighted by molar-refractivity contribution is 5.93. The number of nitrogens with zero attached hydrogens (tertiary/aromatic N) is 2. The SMILES string of the molecule is CCn1nc(C)cc1C(=O)NC1C2CCC(C2)C1CO. The van der Waals surface area contributed by atoms with Crippen molar-refractivity contribution in [2.75, 3.05) is 6.61 Å². The van der Waals surface area contributed by atoms with Gasteiger partial charge in [0.15, 0.2) is 0 Å². The zero-order valence-corrected chi connectivity index (χ0v) is 12.2. The van der Waals surface area contributed by atoms with Crippen molar-refractivity contribution in [3.63, 3.8) is 0 Å². The lowest BCUT2D eigenvalue weighted by Crippen LogP contribution is -2.45. The van der Waals surface area contributed by atoms with Crippen molar-refractivity contribution in [2.45, 2.75) is 45.7 Å². The highest BCUT2D eigenvalue weighted by Crippen LogP contribution is 2.48. The highest BCUT2D eigenvalue weighted by atomic mass is 16.3. The van der Waals surface area contributed by atoms with Gasteiger partial charge < -0.3 is 10.4 Å². The Bertz CT molecular complexity index is 511. The second-order valence-corrected chi connectivity index (χ2v) is 6.17. The van der Waals surface area contributed by atoms with Crippen LogP contribution in [0.4, 0.5) is 0 Å². The third-order valence-corrected chi connectivity index (χ3v) is 5.03. The van der Waals surface area contributed by atoms with E-state index in [9.17, 15) is 9.90 Å². The lowest BCUT2D eigenvalue weighted by atomic mass is 9.85. The van der Waals surface area contributed by atoms with Crippen LogP contribution < -0.4 is 5.32 Å². The third kappa shape index (κ3) is 2.14. The molecule has 0 spiro atoms. The highest BCUT2D eigenvalue weighted by Gasteiger charge is 2.47. The summed E-state index contributed by atoms with van der Waals surface area (Å²) < 4.78 is 1.74. The Labute approximate surface area is 119 Å². The van der Waals surface area contributed by atoms with E-state index in [2.05, 4.69) is 10.4 Å². The number of nitrogens with one attached hydrogen (secondary N) is 1. The van der Waals surface area contributed by atoms with Gasteiger partial charge in [0.05, 0.1) is 5.69 Å². The number of carbonyl (C=O) groups is 1. The van der Waals surface area contributed by atoms with Crippen molar-refractivity contribution in [3.05, 3.63) is 17.5 Å². The maximum Gasteiger partial charge on any atom is 0.269 e. The summed E-state index contributed by atoms with van der Waals surface area (Å²) in [6.45, 7) is 4.75. The van der Waals surface area contributed by atoms with Crippen molar-refractivity contribution in [2.24, 2.45) is 17.8 Å². The lowest BCUT2D eigenvalue weighted by molar-refractivity contribution is 0.0851. The van der Waals surface area contributed by atoms with E-state index in [4.69, 9.17) is 0 Å². The minimum absolute atomic E-state index is 0.0524. The summed E-state index contributed by atoms with van der Waals surface area (Å²) in [6.07, 6.45) is 3.54. The van der Waals surface area contributed by atoms with Crippen LogP contribution in [-0.4, -0.2) is 33.4 Å². The number of aromatic nitrogens is 2. The van der Waals surface area contributed by atoms with Crippen LogP contribution in [0.5, 0.6) is 0 Å². The quantitative estimate of drug-likeness (QED) is 0.873. The number of hydrogen-bond donors (Lipinski definition) is 2. The average molecular weight is 277 g/mol. The first-order chi connectivity index (χ1) is 9.63. The van der Waals surface area contributed by atoms with E-state index in [-0.39, 0.29) is 24.5 Å². The van der Waals surface area contributed by atoms with Crippen LogP contribution in [0.25, 0.3) is 0 Å². The van der Waals surface area contributed by atoms with E-state index < -0.39 is 0 Å². The number of amides is 1. The molecule has 20 heavy (non-hydrogen) atoms. The predicted molar refractivity (Wildman–Crippen MR) is 75.3 cm³/mol. The first kappa shape index (κ1) is 13.6. The Morgan fingerprint density at radius 3 is 2.95 bits per heavy atom. The van der Waals surface area contributed by atoms with E-state index >= 15 is 0 Å². The van der Waals surface area contributed by atoms with Crippen LogP contribution in [0.3, 0.4) is 0 Å². The molecule has 0 radical (unpaired) electrons. The number of rotatable bonds is 4. The molecule has 5 nitrogen and oxygen atoms in total. The molecule has 5 heteroatoms. The molecule has 1 amide bonds. The number of aliphatic hydroxyl groups is 1. The Hall–Kier alpha value is -1.36. The van der Waals surface area contributed by atoms with Crippen molar-refractivity contribution in [3.8, 4) is 0 Å². The van der Waals surface area contributed by atoms with Gasteiger partial charge in [0, 0.05) is 25.1 Å². The summed E-state index contributed by atoms with van der Waals surface area (Å²) in [7, 11) is 0. The monoisotopic (exact) mass is 277 g/mol. The Morgan fingerprint density at radius 2 is 2.25 bits per heavy atom. The summed E-state index contributed by atoms with van der Waals surface area (Å²) in [5.74, 6) is 1.31. The summed E-state index contributed by atoms with van der Waals surface area (Å²) in [5.41, 5.74) is 1.49. The Kier molecular flexibility index (Phi) is 3.54. The second kappa shape index (κ2) is 5.20. The molecule has 0 aromatic carbocycles. The molecular weight excluding hydrogens is 254 g/mol. The number of hydrogen-bond acceptors (Lipinski definition) is 3. The molecule has 2 N–H and O–H groups in total. The van der Waals surface area contributed by atoms with Crippen LogP contribution in [0.15, 0.2) is 6.07 Å². The summed E-state index contributed by atoms with van der Waals surface area (Å²) in [4.78, 5) is 12.5. The van der Waals surface area contributed by atoms with Gasteiger partial charge in [0.25, 0.3) is 5.91 Å². The molecular formula is C15H23N3O2. The van der Waals surface area contributed by atoms with Gasteiger partial charge in [-0.05, 0) is 51.0 Å². The Morgan fingerprint density at radius 1 is 1.50 bits per heavy atom. The third-order valence-electron chi connectivity index (χ3n) is 5.03. The summed E-state index contributed by atoms with van der Waals surface area (Å²) >= 11 is 0. The number of aryl methyl sites for hydroxylation is 2. The molecule has 2 aliphatic rings. The summed E-state index contributed by atoms with van der Waals surface area (Å²) in [6, 6.07) is 1.96. The molecule has 3 rings (SSSR count). The standard InChI is InChI=1S/C15H23N3O2/c1-3-18-13(6-9(2)17-18)15(20)16-14-11-5-4-10(7-11)12(14)8-19/h6,10-12,14,19H,3-5,7-8H2,1-2H3,(H,16,20). The first-order valence-corrected chi connectivity index (χ1v) is 7.60. The van der Waals surface area contributed by atoms with Crippen molar-refractivity contribution < 1.29 is 9.90 Å². The fraction of sp³-hybridized carbons (Fsp3) is 0.733. The molecule has 2 fully saturated rings. The maximum absolute atomic E-state index is 12.5. The maximum atomic E-state index is 12.5. The number of fused-ring (bicyclic) bond motifs is 2. The van der Waals surface area contributed by atoms with E-state index in [0.717, 1.165) is 12.1 Å². The van der Waals surface area contributed by atoms with Gasteiger partial charge in [0.1, 0.15) is 5.69 Å². The normalized spacial score (nSPS) is 31.8. The van der Waals surface area contributed by atoms with Crippen LogP contribution in [0, 0.1) is 24.7 Å². The minimum Gasteiger partial charge on any atom is -0.396 e. The van der Waals surface area contributed by atoms with Crippen LogP contribution in [0.1, 0.15) is 42.4 Å². The molecule has 4 atom stereocenters. The molecule has 2 saturated carbocycles. The van der Waals surface area contributed by atoms with Crippen LogP contribution in [-0.2, 0) is 6.54 Å². The minimum atomic E-state index is -0.0524. The topological polar surface area (TPSA) is 67.2 Å². The van der Waals surface area contributed by atoms with E-state index in [1.807, 2.05) is 19.9 Å². The molecule has 2 bridgehead atoms. The van der Waals surface area contributed by atoms with E-state index in [1.54, 1.807) is 4.68 Å². The van der Waals surface area contributed by atoms with Gasteiger partial charge in [-0.1, -0.05) is 0 Å². The van der Waals surface area contributed by atoms with Gasteiger partial charge in [0.2, 0.25) is 0 Å². The fourth-order valence-corrected chi connectivity index (χ4v) is 4.09. The number of carbonyl (C=O) groups excluding carboxylic acids is 1. The summed E-state index contributed by atoms with van der Waals surface area (Å²) in [5, 5.41) is 17.1. The van der Waals surface area contributed by atoms with Gasteiger partial charge in [-0.25, -0.2) is 0 Å². The van der Waals surface area contributed by atoms with Crippen LogP contribution >= 0.6 is 0 Å². The molecule has 0 aliphatic heterocycles. The smallest absolute Gasteiger partial charge is 0.269 e. The number of aliphatic hydroxyl groups excluding tert-OH is 1. The fourth-order valence-electron chi connectivity index (χ4n) is 4.09. The molecule has 2 aliphatic carbocycles. The van der Waals surface area contributed by atoms with E-state index in [0.29, 0.717) is 24.1 Å². The van der Waals surface area contributed by atoms with Crippen molar-refractivity contribution in [1.82, 2.24) is 15.1 Å². The zero-order chi connectivity index (χ0) is 14.3. The van der Waals surface area contributed by atoms with Crippen LogP contribution in [0.2, 0.25) is 0 Å². The molecule has 1 aromatic rings. The second-order valence-electron chi connectivity index (χ2n) is 6.17. The molecule has 4 unspecified atom stereocenters. The Balaban J connectivity index is 1.75. The largest absolute Gasteiger partial charge is 0.396 e. The van der Waals surface area contributed by atoms with Gasteiger partial charge >= 0.3 is 0 Å². The first-order valence-electron chi connectivity index (χ1n) is 7.60. The molecule has 110 valence electrons. The lowest BCUT2D eigenvalue weighted by Gasteiger charge is -2.30. The molecule has 0 saturated heterocycles. The molecule has 1 aromatic heterocycles. The van der Waals surface area contributed by atoms with Gasteiger partial charge in [-0.2, -0.15) is 5.10 Å². The van der Waals surface area contributed by atoms with E-state index in [1.165, 1.54) is 12.8 Å². The van der Waals surface area contributed by atoms with Gasteiger partial charge in [-0.3, -0.25) is 9.48 Å². The van der Waals surface area contributed by atoms with Crippen molar-refractivity contribution >= 4 is 5.91 Å². The predicted octanol–water partition coefficient (Wildman–Crippen LogP) is 1.35.